The Morgan fingerprint density at radius 2 is 1.50 bits per heavy atom. The van der Waals surface area contributed by atoms with E-state index in [4.69, 9.17) is 23.2 Å². The van der Waals surface area contributed by atoms with Gasteiger partial charge in [-0.25, -0.2) is 0 Å². The predicted molar refractivity (Wildman–Crippen MR) is 68.8 cm³/mol. The van der Waals surface area contributed by atoms with Gasteiger partial charge < -0.3 is 0 Å². The quantitative estimate of drug-likeness (QED) is 0.687. The number of thioether (sulfide) groups is 1. The highest BCUT2D eigenvalue weighted by atomic mass is 35.5. The van der Waals surface area contributed by atoms with E-state index in [1.807, 2.05) is 20.8 Å². The molecule has 0 unspecified atom stereocenters. The lowest BCUT2D eigenvalue weighted by atomic mass is 10.0. The fourth-order valence-corrected chi connectivity index (χ4v) is 2.70. The molecule has 88 valence electrons. The van der Waals surface area contributed by atoms with Crippen molar-refractivity contribution in [3.05, 3.63) is 20.5 Å². The van der Waals surface area contributed by atoms with Crippen LogP contribution in [0, 0.1) is 0 Å². The Balaban J connectivity index is 3.20. The van der Waals surface area contributed by atoms with Gasteiger partial charge in [-0.3, -0.25) is 9.59 Å². The van der Waals surface area contributed by atoms with Gasteiger partial charge in [0.2, 0.25) is 11.6 Å². The second-order valence-corrected chi connectivity index (χ2v) is 7.05. The zero-order valence-electron chi connectivity index (χ0n) is 9.48. The molecule has 16 heavy (non-hydrogen) atoms. The van der Waals surface area contributed by atoms with Crippen LogP contribution in [0.4, 0.5) is 0 Å². The van der Waals surface area contributed by atoms with Gasteiger partial charge in [-0.15, -0.1) is 11.8 Å². The lowest BCUT2D eigenvalue weighted by Crippen LogP contribution is -2.20. The molecule has 0 radical (unpaired) electrons. The summed E-state index contributed by atoms with van der Waals surface area (Å²) in [6, 6.07) is 0. The highest BCUT2D eigenvalue weighted by Crippen LogP contribution is 2.40. The van der Waals surface area contributed by atoms with Crippen LogP contribution < -0.4 is 0 Å². The van der Waals surface area contributed by atoms with Gasteiger partial charge in [0.25, 0.3) is 0 Å². The molecule has 0 saturated heterocycles. The van der Waals surface area contributed by atoms with Crippen molar-refractivity contribution < 1.29 is 9.59 Å². The molecule has 5 heteroatoms. The molecule has 1 rings (SSSR count). The molecule has 1 aliphatic rings. The molecule has 1 aliphatic carbocycles. The summed E-state index contributed by atoms with van der Waals surface area (Å²) in [6.45, 7) is 7.31. The Morgan fingerprint density at radius 3 is 1.94 bits per heavy atom. The highest BCUT2D eigenvalue weighted by molar-refractivity contribution is 8.05. The average molecular weight is 279 g/mol. The third-order valence-electron chi connectivity index (χ3n) is 1.88. The van der Waals surface area contributed by atoms with Crippen LogP contribution in [-0.4, -0.2) is 16.3 Å². The lowest BCUT2D eigenvalue weighted by molar-refractivity contribution is -0.115. The first-order valence-electron chi connectivity index (χ1n) is 4.69. The van der Waals surface area contributed by atoms with Gasteiger partial charge in [-0.05, 0) is 6.92 Å². The number of halogens is 2. The van der Waals surface area contributed by atoms with Crippen molar-refractivity contribution in [2.24, 2.45) is 0 Å². The molecule has 0 spiro atoms. The molecule has 0 saturated carbocycles. The fourth-order valence-electron chi connectivity index (χ4n) is 1.13. The molecule has 2 nitrogen and oxygen atoms in total. The maximum absolute atomic E-state index is 11.9. The summed E-state index contributed by atoms with van der Waals surface area (Å²) in [5, 5.41) is -0.0482. The van der Waals surface area contributed by atoms with E-state index in [2.05, 4.69) is 0 Å². The molecule has 0 aromatic rings. The molecular weight excluding hydrogens is 267 g/mol. The third kappa shape index (κ3) is 2.70. The Labute approximate surface area is 109 Å². The normalized spacial score (nSPS) is 18.6. The van der Waals surface area contributed by atoms with E-state index >= 15 is 0 Å². The van der Waals surface area contributed by atoms with Crippen molar-refractivity contribution in [2.45, 2.75) is 32.4 Å². The van der Waals surface area contributed by atoms with E-state index < -0.39 is 0 Å². The van der Waals surface area contributed by atoms with Crippen LogP contribution in [0.2, 0.25) is 0 Å². The van der Waals surface area contributed by atoms with Gasteiger partial charge >= 0.3 is 0 Å². The van der Waals surface area contributed by atoms with Crippen molar-refractivity contribution in [3.63, 3.8) is 0 Å². The molecule has 0 aromatic carbocycles. The van der Waals surface area contributed by atoms with Crippen molar-refractivity contribution in [2.75, 3.05) is 0 Å². The van der Waals surface area contributed by atoms with Crippen LogP contribution >= 0.6 is 35.0 Å². The Bertz CT molecular complexity index is 428. The van der Waals surface area contributed by atoms with E-state index in [0.717, 1.165) is 0 Å². The lowest BCUT2D eigenvalue weighted by Gasteiger charge is -2.22. The third-order valence-corrected chi connectivity index (χ3v) is 4.02. The second kappa shape index (κ2) is 4.55. The summed E-state index contributed by atoms with van der Waals surface area (Å²) in [7, 11) is 0. The van der Waals surface area contributed by atoms with Crippen LogP contribution in [0.15, 0.2) is 20.5 Å². The monoisotopic (exact) mass is 278 g/mol. The van der Waals surface area contributed by atoms with Crippen LogP contribution in [0.5, 0.6) is 0 Å². The first-order chi connectivity index (χ1) is 7.15. The van der Waals surface area contributed by atoms with Crippen LogP contribution in [-0.2, 0) is 9.59 Å². The summed E-state index contributed by atoms with van der Waals surface area (Å²) in [5.41, 5.74) is 0.218. The first kappa shape index (κ1) is 13.8. The summed E-state index contributed by atoms with van der Waals surface area (Å²) < 4.78 is -0.201. The maximum Gasteiger partial charge on any atom is 0.212 e. The number of rotatable bonds is 1. The number of ketones is 2. The highest BCUT2D eigenvalue weighted by Gasteiger charge is 2.33. The number of hydrogen-bond donors (Lipinski definition) is 0. The standard InChI is InChI=1S/C11H12Cl2O2S/c1-5-6(12)9(15)10(7(13)8(5)14)16-11(2,3)4/h1-4H3. The van der Waals surface area contributed by atoms with Gasteiger partial charge in [0.1, 0.15) is 5.03 Å². The largest absolute Gasteiger partial charge is 0.288 e. The maximum atomic E-state index is 11.9. The number of Topliss-reactive ketones (excluding diaryl/α,β-unsaturated/α-hetero) is 2. The van der Waals surface area contributed by atoms with Crippen molar-refractivity contribution in [1.82, 2.24) is 0 Å². The van der Waals surface area contributed by atoms with Crippen LogP contribution in [0.3, 0.4) is 0 Å². The van der Waals surface area contributed by atoms with Crippen LogP contribution in [0.25, 0.3) is 0 Å². The summed E-state index contributed by atoms with van der Waals surface area (Å²) in [5.74, 6) is -0.721. The van der Waals surface area contributed by atoms with Crippen molar-refractivity contribution >= 4 is 46.5 Å². The van der Waals surface area contributed by atoms with Gasteiger partial charge in [-0.2, -0.15) is 0 Å². The van der Waals surface area contributed by atoms with Crippen molar-refractivity contribution in [1.29, 1.82) is 0 Å². The SMILES string of the molecule is CC1=C(Cl)C(=O)C(SC(C)(C)C)=C(Cl)C1=O. The molecule has 0 heterocycles. The molecule has 0 N–H and O–H groups in total. The van der Waals surface area contributed by atoms with E-state index in [1.165, 1.54) is 18.7 Å². The van der Waals surface area contributed by atoms with Gasteiger partial charge in [0.05, 0.1) is 9.94 Å². The van der Waals surface area contributed by atoms with E-state index in [-0.39, 0.29) is 36.9 Å². The summed E-state index contributed by atoms with van der Waals surface area (Å²) in [6.07, 6.45) is 0. The molecule has 0 fully saturated rings. The molecule has 0 aliphatic heterocycles. The van der Waals surface area contributed by atoms with E-state index in [9.17, 15) is 9.59 Å². The number of allylic oxidation sites excluding steroid dienone is 4. The number of carbonyl (C=O) groups excluding carboxylic acids is 2. The Kier molecular flexibility index (Phi) is 3.93. The van der Waals surface area contributed by atoms with Crippen LogP contribution in [0.1, 0.15) is 27.7 Å². The van der Waals surface area contributed by atoms with E-state index in [1.54, 1.807) is 0 Å². The van der Waals surface area contributed by atoms with Gasteiger partial charge in [0.15, 0.2) is 0 Å². The molecule has 0 aromatic heterocycles. The zero-order chi connectivity index (χ0) is 12.7. The minimum atomic E-state index is -0.363. The minimum Gasteiger partial charge on any atom is -0.288 e. The molecule has 0 amide bonds. The van der Waals surface area contributed by atoms with Crippen molar-refractivity contribution in [3.8, 4) is 0 Å². The minimum absolute atomic E-state index is 0.0215. The Hall–Kier alpha value is -0.250. The summed E-state index contributed by atoms with van der Waals surface area (Å²) >= 11 is 13.0. The first-order valence-corrected chi connectivity index (χ1v) is 6.27. The topological polar surface area (TPSA) is 34.1 Å². The average Bonchev–Trinajstić information content (AvgIpc) is 2.17. The Morgan fingerprint density at radius 1 is 1.00 bits per heavy atom. The van der Waals surface area contributed by atoms with Gasteiger partial charge in [0, 0.05) is 10.3 Å². The molecule has 0 atom stereocenters. The number of hydrogen-bond acceptors (Lipinski definition) is 3. The number of carbonyl (C=O) groups is 2. The smallest absolute Gasteiger partial charge is 0.212 e. The molecular formula is C11H12Cl2O2S. The molecule has 0 bridgehead atoms. The second-order valence-electron chi connectivity index (χ2n) is 4.45. The summed E-state index contributed by atoms with van der Waals surface area (Å²) in [4.78, 5) is 23.8. The van der Waals surface area contributed by atoms with Gasteiger partial charge in [-0.1, -0.05) is 44.0 Å². The zero-order valence-corrected chi connectivity index (χ0v) is 11.8. The predicted octanol–water partition coefficient (Wildman–Crippen LogP) is 3.63. The van der Waals surface area contributed by atoms with E-state index in [0.29, 0.717) is 0 Å². The fraction of sp³-hybridized carbons (Fsp3) is 0.455.